The third-order valence-electron chi connectivity index (χ3n) is 3.62. The van der Waals surface area contributed by atoms with Crippen molar-refractivity contribution < 1.29 is 14.3 Å². The number of carbonyl (C=O) groups excluding carboxylic acids is 2. The normalized spacial score (nSPS) is 13.1. The van der Waals surface area contributed by atoms with Crippen LogP contribution in [0.5, 0.6) is 0 Å². The van der Waals surface area contributed by atoms with E-state index in [0.29, 0.717) is 5.56 Å². The molecular formula is C18H19NO3. The summed E-state index contributed by atoms with van der Waals surface area (Å²) in [6.45, 7) is 1.90. The predicted octanol–water partition coefficient (Wildman–Crippen LogP) is 2.22. The van der Waals surface area contributed by atoms with Crippen LogP contribution < -0.4 is 5.73 Å². The number of nitrogens with two attached hydrogens (primary N) is 1. The zero-order valence-electron chi connectivity index (χ0n) is 12.5. The Kier molecular flexibility index (Phi) is 4.94. The third kappa shape index (κ3) is 3.01. The number of hydrogen-bond acceptors (Lipinski definition) is 3. The van der Waals surface area contributed by atoms with E-state index in [4.69, 9.17) is 10.5 Å². The molecule has 0 aliphatic carbocycles. The third-order valence-corrected chi connectivity index (χ3v) is 3.62. The summed E-state index contributed by atoms with van der Waals surface area (Å²) in [5.41, 5.74) is 5.52. The van der Waals surface area contributed by atoms with Crippen LogP contribution in [0.1, 0.15) is 18.1 Å². The van der Waals surface area contributed by atoms with Gasteiger partial charge in [-0.2, -0.15) is 0 Å². The zero-order valence-corrected chi connectivity index (χ0v) is 12.5. The number of ether oxygens (including phenoxy) is 1. The second-order valence-electron chi connectivity index (χ2n) is 5.02. The maximum atomic E-state index is 12.6. The second-order valence-corrected chi connectivity index (χ2v) is 5.02. The van der Waals surface area contributed by atoms with Crippen LogP contribution in [0.15, 0.2) is 60.7 Å². The first-order valence-corrected chi connectivity index (χ1v) is 7.18. The van der Waals surface area contributed by atoms with E-state index in [-0.39, 0.29) is 13.0 Å². The lowest BCUT2D eigenvalue weighted by molar-refractivity contribution is -0.154. The van der Waals surface area contributed by atoms with Gasteiger partial charge in [-0.1, -0.05) is 60.7 Å². The van der Waals surface area contributed by atoms with Crippen LogP contribution in [0.4, 0.5) is 0 Å². The van der Waals surface area contributed by atoms with Crippen LogP contribution in [-0.2, 0) is 26.2 Å². The first-order chi connectivity index (χ1) is 10.6. The van der Waals surface area contributed by atoms with Crippen molar-refractivity contribution in [2.75, 3.05) is 6.61 Å². The molecule has 0 fully saturated rings. The molecule has 2 aromatic rings. The van der Waals surface area contributed by atoms with Gasteiger partial charge in [0.2, 0.25) is 5.91 Å². The van der Waals surface area contributed by atoms with Crippen molar-refractivity contribution >= 4 is 11.9 Å². The molecular weight excluding hydrogens is 278 g/mol. The SMILES string of the molecule is CCOC(=O)C(Cc1ccccc1)(C(N)=O)c1ccccc1. The van der Waals surface area contributed by atoms with Crippen LogP contribution in [-0.4, -0.2) is 18.5 Å². The van der Waals surface area contributed by atoms with Crippen molar-refractivity contribution in [2.24, 2.45) is 5.73 Å². The van der Waals surface area contributed by atoms with Crippen molar-refractivity contribution in [3.05, 3.63) is 71.8 Å². The molecule has 2 rings (SSSR count). The molecule has 22 heavy (non-hydrogen) atoms. The molecule has 1 unspecified atom stereocenters. The summed E-state index contributed by atoms with van der Waals surface area (Å²) in [6, 6.07) is 18.1. The summed E-state index contributed by atoms with van der Waals surface area (Å²) >= 11 is 0. The number of hydrogen-bond donors (Lipinski definition) is 1. The number of rotatable bonds is 6. The van der Waals surface area contributed by atoms with E-state index in [1.54, 1.807) is 31.2 Å². The molecule has 0 spiro atoms. The minimum Gasteiger partial charge on any atom is -0.465 e. The van der Waals surface area contributed by atoms with Gasteiger partial charge in [0.25, 0.3) is 0 Å². The Bertz CT molecular complexity index is 640. The Labute approximate surface area is 129 Å². The molecule has 2 N–H and O–H groups in total. The minimum atomic E-state index is -1.52. The summed E-state index contributed by atoms with van der Waals surface area (Å²) in [6.07, 6.45) is 0.173. The fourth-order valence-electron chi connectivity index (χ4n) is 2.50. The van der Waals surface area contributed by atoms with E-state index < -0.39 is 17.3 Å². The molecule has 2 aromatic carbocycles. The van der Waals surface area contributed by atoms with Gasteiger partial charge in [-0.25, -0.2) is 0 Å². The fraction of sp³-hybridized carbons (Fsp3) is 0.222. The predicted molar refractivity (Wildman–Crippen MR) is 84.1 cm³/mol. The quantitative estimate of drug-likeness (QED) is 0.656. The Morgan fingerprint density at radius 1 is 1.00 bits per heavy atom. The smallest absolute Gasteiger partial charge is 0.326 e. The number of carbonyl (C=O) groups is 2. The highest BCUT2D eigenvalue weighted by Crippen LogP contribution is 2.30. The number of esters is 1. The molecule has 0 heterocycles. The Balaban J connectivity index is 2.55. The number of amides is 1. The van der Waals surface area contributed by atoms with Crippen LogP contribution in [0.25, 0.3) is 0 Å². The van der Waals surface area contributed by atoms with Crippen LogP contribution in [0.3, 0.4) is 0 Å². The largest absolute Gasteiger partial charge is 0.465 e. The van der Waals surface area contributed by atoms with Crippen molar-refractivity contribution in [1.29, 1.82) is 0 Å². The molecule has 0 aromatic heterocycles. The van der Waals surface area contributed by atoms with E-state index in [2.05, 4.69) is 0 Å². The summed E-state index contributed by atoms with van der Waals surface area (Å²) in [5, 5.41) is 0. The van der Waals surface area contributed by atoms with Gasteiger partial charge in [-0.15, -0.1) is 0 Å². The fourth-order valence-corrected chi connectivity index (χ4v) is 2.50. The molecule has 0 aliphatic heterocycles. The molecule has 0 bridgehead atoms. The van der Waals surface area contributed by atoms with Crippen LogP contribution >= 0.6 is 0 Å². The van der Waals surface area contributed by atoms with E-state index in [0.717, 1.165) is 5.56 Å². The van der Waals surface area contributed by atoms with Gasteiger partial charge in [0.1, 0.15) is 0 Å². The average molecular weight is 297 g/mol. The van der Waals surface area contributed by atoms with E-state index in [1.807, 2.05) is 36.4 Å². The zero-order chi connectivity index (χ0) is 16.0. The maximum Gasteiger partial charge on any atom is 0.326 e. The Hall–Kier alpha value is -2.62. The molecule has 0 saturated carbocycles. The van der Waals surface area contributed by atoms with Crippen LogP contribution in [0.2, 0.25) is 0 Å². The molecule has 114 valence electrons. The van der Waals surface area contributed by atoms with Gasteiger partial charge in [0.15, 0.2) is 5.41 Å². The topological polar surface area (TPSA) is 69.4 Å². The lowest BCUT2D eigenvalue weighted by Crippen LogP contribution is -2.50. The standard InChI is InChI=1S/C18H19NO3/c1-2-22-17(21)18(16(19)20,15-11-7-4-8-12-15)13-14-9-5-3-6-10-14/h3-12H,2,13H2,1H3,(H2,19,20). The lowest BCUT2D eigenvalue weighted by Gasteiger charge is -2.29. The maximum absolute atomic E-state index is 12.6. The summed E-state index contributed by atoms with van der Waals surface area (Å²) < 4.78 is 5.16. The van der Waals surface area contributed by atoms with Crippen LogP contribution in [0, 0.1) is 0 Å². The molecule has 4 nitrogen and oxygen atoms in total. The average Bonchev–Trinajstić information content (AvgIpc) is 2.54. The van der Waals surface area contributed by atoms with Crippen molar-refractivity contribution in [1.82, 2.24) is 0 Å². The molecule has 0 radical (unpaired) electrons. The highest BCUT2D eigenvalue weighted by atomic mass is 16.5. The van der Waals surface area contributed by atoms with Crippen molar-refractivity contribution in [2.45, 2.75) is 18.8 Å². The molecule has 4 heteroatoms. The highest BCUT2D eigenvalue weighted by Gasteiger charge is 2.47. The van der Waals surface area contributed by atoms with Crippen molar-refractivity contribution in [3.8, 4) is 0 Å². The van der Waals surface area contributed by atoms with E-state index >= 15 is 0 Å². The molecule has 1 amide bonds. The Morgan fingerprint density at radius 3 is 2.05 bits per heavy atom. The molecule has 1 atom stereocenters. The number of benzene rings is 2. The lowest BCUT2D eigenvalue weighted by atomic mass is 9.74. The second kappa shape index (κ2) is 6.89. The summed E-state index contributed by atoms with van der Waals surface area (Å²) in [5.74, 6) is -1.32. The van der Waals surface area contributed by atoms with Gasteiger partial charge in [0.05, 0.1) is 6.61 Å². The monoisotopic (exact) mass is 297 g/mol. The number of primary amides is 1. The molecule has 0 aliphatic rings. The van der Waals surface area contributed by atoms with Crippen molar-refractivity contribution in [3.63, 3.8) is 0 Å². The van der Waals surface area contributed by atoms with E-state index in [9.17, 15) is 9.59 Å². The summed E-state index contributed by atoms with van der Waals surface area (Å²) in [7, 11) is 0. The van der Waals surface area contributed by atoms with Gasteiger partial charge >= 0.3 is 5.97 Å². The molecule has 0 saturated heterocycles. The van der Waals surface area contributed by atoms with E-state index in [1.165, 1.54) is 0 Å². The van der Waals surface area contributed by atoms with Gasteiger partial charge < -0.3 is 10.5 Å². The minimum absolute atomic E-state index is 0.173. The van der Waals surface area contributed by atoms with Gasteiger partial charge in [-0.05, 0) is 18.1 Å². The summed E-state index contributed by atoms with van der Waals surface area (Å²) in [4.78, 5) is 24.9. The van der Waals surface area contributed by atoms with Gasteiger partial charge in [-0.3, -0.25) is 9.59 Å². The highest BCUT2D eigenvalue weighted by molar-refractivity contribution is 6.08. The first kappa shape index (κ1) is 15.8. The Morgan fingerprint density at radius 2 is 1.55 bits per heavy atom. The first-order valence-electron chi connectivity index (χ1n) is 7.18. The van der Waals surface area contributed by atoms with Gasteiger partial charge in [0, 0.05) is 6.42 Å².